The Labute approximate surface area is 425 Å². The molecule has 3 aromatic heterocycles. The molecule has 0 aliphatic carbocycles. The Kier molecular flexibility index (Phi) is 10.5. The predicted molar refractivity (Wildman–Crippen MR) is 295 cm³/mol. The molecule has 3 heterocycles. The number of nitrogens with zero attached hydrogens (tertiary/aromatic N) is 8. The molecule has 0 N–H and O–H groups in total. The molecular weight excluding hydrogens is 905 g/mol. The molecule has 0 saturated heterocycles. The molecule has 74 heavy (non-hydrogen) atoms. The molecule has 0 aliphatic rings. The van der Waals surface area contributed by atoms with Gasteiger partial charge in [-0.2, -0.15) is 15.8 Å². The normalized spacial score (nSPS) is 11.2. The van der Waals surface area contributed by atoms with Crippen LogP contribution < -0.4 is 0 Å². The second kappa shape index (κ2) is 17.9. The van der Waals surface area contributed by atoms with Gasteiger partial charge in [0, 0.05) is 49.4 Å². The van der Waals surface area contributed by atoms with Crippen molar-refractivity contribution >= 4 is 43.6 Å². The van der Waals surface area contributed by atoms with Gasteiger partial charge in [0.2, 0.25) is 0 Å². The maximum Gasteiger partial charge on any atom is 0.164 e. The van der Waals surface area contributed by atoms with E-state index in [2.05, 4.69) is 124 Å². The van der Waals surface area contributed by atoms with E-state index in [4.69, 9.17) is 15.0 Å². The van der Waals surface area contributed by atoms with Gasteiger partial charge >= 0.3 is 0 Å². The van der Waals surface area contributed by atoms with Gasteiger partial charge in [0.05, 0.1) is 68.3 Å². The molecule has 0 aliphatic heterocycles. The Morgan fingerprint density at radius 2 is 0.730 bits per heavy atom. The first-order valence-electron chi connectivity index (χ1n) is 24.2. The van der Waals surface area contributed by atoms with Crippen LogP contribution in [-0.4, -0.2) is 24.1 Å². The molecule has 0 bridgehead atoms. The van der Waals surface area contributed by atoms with Crippen LogP contribution in [0.3, 0.4) is 0 Å². The van der Waals surface area contributed by atoms with Gasteiger partial charge in [-0.1, -0.05) is 152 Å². The minimum atomic E-state index is 0.505. The lowest BCUT2D eigenvalue weighted by atomic mass is 9.96. The van der Waals surface area contributed by atoms with Gasteiger partial charge in [-0.25, -0.2) is 15.0 Å². The number of aromatic nitrogens is 5. The monoisotopic (exact) mass is 942 g/mol. The maximum absolute atomic E-state index is 10.6. The number of rotatable bonds is 8. The van der Waals surface area contributed by atoms with Gasteiger partial charge in [-0.3, -0.25) is 0 Å². The lowest BCUT2D eigenvalue weighted by molar-refractivity contribution is 1.07. The van der Waals surface area contributed by atoms with Crippen molar-refractivity contribution in [3.05, 3.63) is 247 Å². The van der Waals surface area contributed by atoms with Crippen molar-refractivity contribution in [2.24, 2.45) is 0 Å². The zero-order chi connectivity index (χ0) is 49.7. The van der Waals surface area contributed by atoms with E-state index < -0.39 is 0 Å². The van der Waals surface area contributed by atoms with Gasteiger partial charge in [-0.05, 0) is 101 Å². The van der Waals surface area contributed by atoms with Gasteiger partial charge in [0.1, 0.15) is 0 Å². The van der Waals surface area contributed by atoms with Gasteiger partial charge < -0.3 is 9.13 Å². The number of fused-ring (bicyclic) bond motifs is 6. The van der Waals surface area contributed by atoms with Crippen LogP contribution in [0.2, 0.25) is 0 Å². The Morgan fingerprint density at radius 1 is 0.284 bits per heavy atom. The van der Waals surface area contributed by atoms with E-state index in [1.54, 1.807) is 0 Å². The summed E-state index contributed by atoms with van der Waals surface area (Å²) in [6.07, 6.45) is 0. The Hall–Kier alpha value is -10.7. The molecule has 0 saturated carbocycles. The molecule has 0 spiro atoms. The first kappa shape index (κ1) is 43.3. The van der Waals surface area contributed by atoms with Crippen molar-refractivity contribution in [3.8, 4) is 97.1 Å². The first-order valence-corrected chi connectivity index (χ1v) is 24.2. The van der Waals surface area contributed by atoms with Crippen molar-refractivity contribution in [1.29, 1.82) is 15.8 Å². The Bertz CT molecular complexity index is 4470. The fourth-order valence-electron chi connectivity index (χ4n) is 10.5. The van der Waals surface area contributed by atoms with E-state index in [1.165, 1.54) is 0 Å². The van der Waals surface area contributed by atoms with E-state index in [0.717, 1.165) is 105 Å². The van der Waals surface area contributed by atoms with Crippen molar-refractivity contribution in [2.45, 2.75) is 0 Å². The Balaban J connectivity index is 1.11. The summed E-state index contributed by atoms with van der Waals surface area (Å²) in [6, 6.07) is 84.4. The highest BCUT2D eigenvalue weighted by Gasteiger charge is 2.24. The molecule has 13 aromatic rings. The third-order valence-electron chi connectivity index (χ3n) is 13.9. The summed E-state index contributed by atoms with van der Waals surface area (Å²) in [6.45, 7) is 0. The molecule has 0 atom stereocenters. The zero-order valence-electron chi connectivity index (χ0n) is 39.5. The summed E-state index contributed by atoms with van der Waals surface area (Å²) in [7, 11) is 0. The molecule has 8 nitrogen and oxygen atoms in total. The molecule has 13 rings (SSSR count). The van der Waals surface area contributed by atoms with E-state index in [9.17, 15) is 15.8 Å². The molecule has 0 fully saturated rings. The summed E-state index contributed by atoms with van der Waals surface area (Å²) in [5, 5.41) is 35.0. The van der Waals surface area contributed by atoms with Gasteiger partial charge in [-0.15, -0.1) is 0 Å². The highest BCUT2D eigenvalue weighted by Crippen LogP contribution is 2.44. The largest absolute Gasteiger partial charge is 0.309 e. The van der Waals surface area contributed by atoms with Crippen molar-refractivity contribution in [3.63, 3.8) is 0 Å². The van der Waals surface area contributed by atoms with Crippen LogP contribution in [0.15, 0.2) is 231 Å². The molecule has 0 radical (unpaired) electrons. The standard InChI is InChI=1S/C66H38N8/c67-39-42-27-31-54(63(35-42)74-59-26-14-12-24-53(59)56-37-46(29-33-62(56)74)51-22-10-8-20-49(51)41-69)57-38-47(66-71-64(43-15-3-1-4-16-43)70-65(72-66)44-17-5-2-6-18-44)30-34-61(57)73-58-25-13-11-23-52(58)55-36-45(28-32-60(55)73)50-21-9-7-19-48(50)40-68/h1-38H. The lowest BCUT2D eigenvalue weighted by Gasteiger charge is -2.20. The number of hydrogen-bond donors (Lipinski definition) is 0. The van der Waals surface area contributed by atoms with E-state index in [-0.39, 0.29) is 0 Å². The summed E-state index contributed by atoms with van der Waals surface area (Å²) in [5.41, 5.74) is 15.2. The van der Waals surface area contributed by atoms with E-state index in [0.29, 0.717) is 34.2 Å². The van der Waals surface area contributed by atoms with Crippen molar-refractivity contribution in [2.75, 3.05) is 0 Å². The van der Waals surface area contributed by atoms with Crippen LogP contribution in [0.5, 0.6) is 0 Å². The van der Waals surface area contributed by atoms with Crippen molar-refractivity contribution in [1.82, 2.24) is 24.1 Å². The van der Waals surface area contributed by atoms with Crippen LogP contribution >= 0.6 is 0 Å². The number of benzene rings is 10. The van der Waals surface area contributed by atoms with Crippen LogP contribution in [0, 0.1) is 34.0 Å². The molecular formula is C66H38N8. The average Bonchev–Trinajstić information content (AvgIpc) is 4.03. The summed E-state index contributed by atoms with van der Waals surface area (Å²) in [4.78, 5) is 15.4. The molecule has 0 unspecified atom stereocenters. The zero-order valence-corrected chi connectivity index (χ0v) is 39.5. The summed E-state index contributed by atoms with van der Waals surface area (Å²) >= 11 is 0. The first-order chi connectivity index (χ1) is 36.6. The fraction of sp³-hybridized carbons (Fsp3) is 0. The Morgan fingerprint density at radius 3 is 1.26 bits per heavy atom. The smallest absolute Gasteiger partial charge is 0.164 e. The molecule has 342 valence electrons. The van der Waals surface area contributed by atoms with Crippen molar-refractivity contribution < 1.29 is 0 Å². The fourth-order valence-corrected chi connectivity index (χ4v) is 10.5. The number of para-hydroxylation sites is 2. The SMILES string of the molecule is N#Cc1ccc(-c2cc(-c3nc(-c4ccccc4)nc(-c4ccccc4)n3)ccc2-n2c3ccccc3c3cc(-c4ccccc4C#N)ccc32)c(-n2c3ccccc3c3cc(-c4ccccc4C#N)ccc32)c1. The van der Waals surface area contributed by atoms with Gasteiger partial charge in [0.15, 0.2) is 17.5 Å². The second-order valence-electron chi connectivity index (χ2n) is 18.1. The highest BCUT2D eigenvalue weighted by molar-refractivity contribution is 6.13. The topological polar surface area (TPSA) is 120 Å². The molecule has 0 amide bonds. The van der Waals surface area contributed by atoms with Crippen LogP contribution in [0.4, 0.5) is 0 Å². The quantitative estimate of drug-likeness (QED) is 0.150. The van der Waals surface area contributed by atoms with Crippen LogP contribution in [0.25, 0.3) is 123 Å². The van der Waals surface area contributed by atoms with E-state index >= 15 is 0 Å². The predicted octanol–water partition coefficient (Wildman–Crippen LogP) is 15.7. The maximum atomic E-state index is 10.6. The van der Waals surface area contributed by atoms with Gasteiger partial charge in [0.25, 0.3) is 0 Å². The van der Waals surface area contributed by atoms with E-state index in [1.807, 2.05) is 133 Å². The third kappa shape index (κ3) is 7.25. The molecule has 8 heteroatoms. The third-order valence-corrected chi connectivity index (χ3v) is 13.9. The van der Waals surface area contributed by atoms with Crippen LogP contribution in [0.1, 0.15) is 16.7 Å². The second-order valence-corrected chi connectivity index (χ2v) is 18.1. The number of nitriles is 3. The number of hydrogen-bond acceptors (Lipinski definition) is 6. The summed E-state index contributed by atoms with van der Waals surface area (Å²) in [5.74, 6) is 1.61. The highest BCUT2D eigenvalue weighted by atomic mass is 15.0. The minimum Gasteiger partial charge on any atom is -0.309 e. The minimum absolute atomic E-state index is 0.505. The average molecular weight is 943 g/mol. The molecule has 10 aromatic carbocycles. The summed E-state index contributed by atoms with van der Waals surface area (Å²) < 4.78 is 4.57. The van der Waals surface area contributed by atoms with Crippen LogP contribution in [-0.2, 0) is 0 Å². The lowest BCUT2D eigenvalue weighted by Crippen LogP contribution is -2.04.